The maximum absolute atomic E-state index is 10.2. The fraction of sp³-hybridized carbons (Fsp3) is 0.571. The maximum Gasteiger partial charge on any atom is 0.164 e. The summed E-state index contributed by atoms with van der Waals surface area (Å²) in [6.45, 7) is 6.64. The van der Waals surface area contributed by atoms with Gasteiger partial charge in [-0.1, -0.05) is 20.3 Å². The number of anilines is 1. The minimum Gasteiger partial charge on any atom is -0.383 e. The van der Waals surface area contributed by atoms with Crippen LogP contribution in [0.2, 0.25) is 0 Å². The number of Topliss-reactive ketones (excluding diaryl/α,β-unsaturated/α-hetero) is 1. The number of halogens is 1. The molecule has 0 saturated carbocycles. The van der Waals surface area contributed by atoms with Crippen molar-refractivity contribution in [3.8, 4) is 0 Å². The van der Waals surface area contributed by atoms with E-state index in [9.17, 15) is 4.79 Å². The van der Waals surface area contributed by atoms with E-state index in [0.717, 1.165) is 43.3 Å². The fourth-order valence-electron chi connectivity index (χ4n) is 1.78. The monoisotopic (exact) mass is 355 g/mol. The molecule has 7 heteroatoms. The molecule has 2 aromatic heterocycles. The number of hydrogen-bond donors (Lipinski definition) is 1. The molecule has 2 rings (SSSR count). The first kappa shape index (κ1) is 17.6. The van der Waals surface area contributed by atoms with Gasteiger partial charge in [0, 0.05) is 13.0 Å². The van der Waals surface area contributed by atoms with Gasteiger partial charge in [0.15, 0.2) is 5.65 Å². The lowest BCUT2D eigenvalue weighted by molar-refractivity contribution is -0.117. The molecule has 0 fully saturated rings. The van der Waals surface area contributed by atoms with E-state index in [1.54, 1.807) is 6.92 Å². The standard InChI is InChI=1S/C8H10BrN5.C6H12O/c1-2-3-14-8-5(6(9)13-14)7(10)11-4-12-8;1-3-4-5-6(2)7/h4H,2-3H2,1H3,(H2,10,11,12);3-5H2,1-2H3. The third kappa shape index (κ3) is 5.08. The molecule has 0 aliphatic carbocycles. The van der Waals surface area contributed by atoms with Crippen LogP contribution in [0, 0.1) is 0 Å². The van der Waals surface area contributed by atoms with Gasteiger partial charge in [-0.3, -0.25) is 0 Å². The molecule has 0 amide bonds. The van der Waals surface area contributed by atoms with Crippen molar-refractivity contribution in [3.05, 3.63) is 10.9 Å². The highest BCUT2D eigenvalue weighted by atomic mass is 79.9. The number of hydrogen-bond acceptors (Lipinski definition) is 5. The zero-order chi connectivity index (χ0) is 15.8. The van der Waals surface area contributed by atoms with Crippen LogP contribution in [-0.4, -0.2) is 25.5 Å². The van der Waals surface area contributed by atoms with Crippen LogP contribution in [0.1, 0.15) is 46.5 Å². The second-order valence-electron chi connectivity index (χ2n) is 4.78. The number of carbonyl (C=O) groups excluding carboxylic acids is 1. The normalized spacial score (nSPS) is 10.3. The number of nitrogens with zero attached hydrogens (tertiary/aromatic N) is 4. The van der Waals surface area contributed by atoms with Crippen LogP contribution in [0.15, 0.2) is 10.9 Å². The third-order valence-corrected chi connectivity index (χ3v) is 3.39. The highest BCUT2D eigenvalue weighted by Gasteiger charge is 2.12. The Morgan fingerprint density at radius 2 is 2.05 bits per heavy atom. The number of nitrogen functional groups attached to an aromatic ring is 1. The number of fused-ring (bicyclic) bond motifs is 1. The predicted molar refractivity (Wildman–Crippen MR) is 87.9 cm³/mol. The highest BCUT2D eigenvalue weighted by Crippen LogP contribution is 2.25. The van der Waals surface area contributed by atoms with Gasteiger partial charge < -0.3 is 10.5 Å². The number of unbranched alkanes of at least 4 members (excludes halogenated alkanes) is 1. The van der Waals surface area contributed by atoms with Crippen LogP contribution in [0.5, 0.6) is 0 Å². The van der Waals surface area contributed by atoms with Crippen LogP contribution >= 0.6 is 15.9 Å². The molecular weight excluding hydrogens is 334 g/mol. The van der Waals surface area contributed by atoms with E-state index in [2.05, 4.69) is 44.8 Å². The van der Waals surface area contributed by atoms with Gasteiger partial charge in [0.2, 0.25) is 0 Å². The number of carbonyl (C=O) groups is 1. The topological polar surface area (TPSA) is 86.7 Å². The summed E-state index contributed by atoms with van der Waals surface area (Å²) in [6.07, 6.45) is 5.40. The Bertz CT molecular complexity index is 596. The first-order chi connectivity index (χ1) is 10.0. The predicted octanol–water partition coefficient (Wildman–Crippen LogP) is 3.35. The lowest BCUT2D eigenvalue weighted by Gasteiger charge is -1.98. The van der Waals surface area contributed by atoms with Gasteiger partial charge >= 0.3 is 0 Å². The van der Waals surface area contributed by atoms with Gasteiger partial charge in [-0.2, -0.15) is 5.10 Å². The largest absolute Gasteiger partial charge is 0.383 e. The van der Waals surface area contributed by atoms with Crippen LogP contribution in [0.3, 0.4) is 0 Å². The molecule has 0 aromatic carbocycles. The van der Waals surface area contributed by atoms with Gasteiger partial charge in [-0.25, -0.2) is 14.6 Å². The number of ketones is 1. The van der Waals surface area contributed by atoms with E-state index in [1.807, 2.05) is 4.68 Å². The minimum absolute atomic E-state index is 0.307. The molecule has 0 bridgehead atoms. The lowest BCUT2D eigenvalue weighted by atomic mass is 10.2. The van der Waals surface area contributed by atoms with E-state index < -0.39 is 0 Å². The van der Waals surface area contributed by atoms with Crippen LogP contribution < -0.4 is 5.73 Å². The van der Waals surface area contributed by atoms with Crippen LogP contribution in [0.25, 0.3) is 11.0 Å². The van der Waals surface area contributed by atoms with Crippen molar-refractivity contribution in [2.75, 3.05) is 5.73 Å². The molecule has 0 aliphatic heterocycles. The van der Waals surface area contributed by atoms with Gasteiger partial charge in [-0.15, -0.1) is 0 Å². The van der Waals surface area contributed by atoms with Crippen molar-refractivity contribution in [2.24, 2.45) is 0 Å². The van der Waals surface area contributed by atoms with Gasteiger partial charge in [0.05, 0.1) is 5.39 Å². The van der Waals surface area contributed by atoms with Gasteiger partial charge in [-0.05, 0) is 35.7 Å². The Labute approximate surface area is 133 Å². The number of aromatic nitrogens is 4. The molecule has 21 heavy (non-hydrogen) atoms. The Hall–Kier alpha value is -1.50. The van der Waals surface area contributed by atoms with Crippen molar-refractivity contribution in [1.29, 1.82) is 0 Å². The van der Waals surface area contributed by atoms with Crippen molar-refractivity contribution in [2.45, 2.75) is 53.0 Å². The van der Waals surface area contributed by atoms with E-state index in [-0.39, 0.29) is 0 Å². The quantitative estimate of drug-likeness (QED) is 0.888. The van der Waals surface area contributed by atoms with E-state index in [0.29, 0.717) is 16.2 Å². The third-order valence-electron chi connectivity index (χ3n) is 2.83. The Morgan fingerprint density at radius 1 is 1.33 bits per heavy atom. The zero-order valence-electron chi connectivity index (χ0n) is 12.8. The summed E-state index contributed by atoms with van der Waals surface area (Å²) in [5.74, 6) is 0.770. The average molecular weight is 356 g/mol. The molecule has 6 nitrogen and oxygen atoms in total. The maximum atomic E-state index is 10.2. The molecule has 2 N–H and O–H groups in total. The average Bonchev–Trinajstić information content (AvgIpc) is 2.76. The number of nitrogens with two attached hydrogens (primary N) is 1. The van der Waals surface area contributed by atoms with Gasteiger partial charge in [0.1, 0.15) is 22.5 Å². The first-order valence-corrected chi connectivity index (χ1v) is 7.92. The van der Waals surface area contributed by atoms with Crippen LogP contribution in [-0.2, 0) is 11.3 Å². The summed E-state index contributed by atoms with van der Waals surface area (Å²) >= 11 is 3.35. The highest BCUT2D eigenvalue weighted by molar-refractivity contribution is 9.10. The van der Waals surface area contributed by atoms with Crippen molar-refractivity contribution in [1.82, 2.24) is 19.7 Å². The Balaban J connectivity index is 0.000000270. The minimum atomic E-state index is 0.307. The van der Waals surface area contributed by atoms with Crippen molar-refractivity contribution in [3.63, 3.8) is 0 Å². The summed E-state index contributed by atoms with van der Waals surface area (Å²) in [5, 5.41) is 5.08. The molecule has 0 spiro atoms. The second-order valence-corrected chi connectivity index (χ2v) is 5.53. The van der Waals surface area contributed by atoms with Gasteiger partial charge in [0.25, 0.3) is 0 Å². The number of rotatable bonds is 5. The summed E-state index contributed by atoms with van der Waals surface area (Å²) in [4.78, 5) is 18.3. The summed E-state index contributed by atoms with van der Waals surface area (Å²) < 4.78 is 2.54. The summed E-state index contributed by atoms with van der Waals surface area (Å²) in [6, 6.07) is 0. The molecule has 0 saturated heterocycles. The number of aryl methyl sites for hydroxylation is 1. The van der Waals surface area contributed by atoms with Crippen molar-refractivity contribution < 1.29 is 4.79 Å². The smallest absolute Gasteiger partial charge is 0.164 e. The second kappa shape index (κ2) is 8.71. The summed E-state index contributed by atoms with van der Waals surface area (Å²) in [7, 11) is 0. The fourth-order valence-corrected chi connectivity index (χ4v) is 2.35. The molecule has 116 valence electrons. The lowest BCUT2D eigenvalue weighted by Crippen LogP contribution is -2.00. The summed E-state index contributed by atoms with van der Waals surface area (Å²) in [5.41, 5.74) is 6.52. The van der Waals surface area contributed by atoms with E-state index >= 15 is 0 Å². The molecule has 0 aliphatic rings. The van der Waals surface area contributed by atoms with Crippen LogP contribution in [0.4, 0.5) is 5.82 Å². The first-order valence-electron chi connectivity index (χ1n) is 7.13. The molecule has 0 atom stereocenters. The van der Waals surface area contributed by atoms with Crippen molar-refractivity contribution >= 4 is 38.6 Å². The molecule has 2 heterocycles. The Kier molecular flexibility index (Phi) is 7.28. The van der Waals surface area contributed by atoms with E-state index in [4.69, 9.17) is 5.73 Å². The van der Waals surface area contributed by atoms with E-state index in [1.165, 1.54) is 6.33 Å². The Morgan fingerprint density at radius 3 is 2.57 bits per heavy atom. The molecular formula is C14H22BrN5O. The molecule has 2 aromatic rings. The molecule has 0 radical (unpaired) electrons. The molecule has 0 unspecified atom stereocenters. The zero-order valence-corrected chi connectivity index (χ0v) is 14.4. The SMILES string of the molecule is CCCCC(C)=O.CCCn1nc(Br)c2c(N)ncnc21.